The van der Waals surface area contributed by atoms with Crippen LogP contribution in [0.25, 0.3) is 0 Å². The molecule has 1 amide bonds. The first-order valence-corrected chi connectivity index (χ1v) is 10.1. The summed E-state index contributed by atoms with van der Waals surface area (Å²) in [6.45, 7) is 1.60. The molecule has 1 aliphatic rings. The third-order valence-corrected chi connectivity index (χ3v) is 5.90. The number of aryl methyl sites for hydroxylation is 1. The highest BCUT2D eigenvalue weighted by Gasteiger charge is 2.21. The molecule has 7 heteroatoms. The van der Waals surface area contributed by atoms with Crippen molar-refractivity contribution in [2.75, 3.05) is 19.0 Å². The minimum atomic E-state index is -0.320. The smallest absolute Gasteiger partial charge is 0.265 e. The van der Waals surface area contributed by atoms with Crippen molar-refractivity contribution >= 4 is 28.0 Å². The number of hydrogen-bond donors (Lipinski definition) is 1. The summed E-state index contributed by atoms with van der Waals surface area (Å²) in [4.78, 5) is 18.7. The number of anilines is 1. The van der Waals surface area contributed by atoms with Crippen LogP contribution in [0, 0.1) is 11.3 Å². The quantitative estimate of drug-likeness (QED) is 0.448. The van der Waals surface area contributed by atoms with Gasteiger partial charge in [0.25, 0.3) is 5.91 Å². The lowest BCUT2D eigenvalue weighted by molar-refractivity contribution is -0.120. The molecule has 1 N–H and O–H groups in total. The minimum absolute atomic E-state index is 0.207. The number of ether oxygens (including phenoxy) is 1. The van der Waals surface area contributed by atoms with Gasteiger partial charge in [-0.15, -0.1) is 11.3 Å². The maximum absolute atomic E-state index is 12.2. The second-order valence-corrected chi connectivity index (χ2v) is 7.71. The Balaban J connectivity index is 1.59. The minimum Gasteiger partial charge on any atom is -0.497 e. The number of thiophene rings is 1. The zero-order valence-corrected chi connectivity index (χ0v) is 16.9. The number of nitrogens with one attached hydrogen (secondary N) is 1. The van der Waals surface area contributed by atoms with E-state index in [0.717, 1.165) is 42.6 Å². The summed E-state index contributed by atoms with van der Waals surface area (Å²) in [5, 5.41) is 17.0. The van der Waals surface area contributed by atoms with Gasteiger partial charge < -0.3 is 14.9 Å². The highest BCUT2D eigenvalue weighted by molar-refractivity contribution is 7.16. The average molecular weight is 398 g/mol. The van der Waals surface area contributed by atoms with Gasteiger partial charge in [-0.3, -0.25) is 4.79 Å². The van der Waals surface area contributed by atoms with Crippen LogP contribution in [-0.4, -0.2) is 25.3 Å². The Labute approximate surface area is 168 Å². The Kier molecular flexibility index (Phi) is 6.66. The van der Waals surface area contributed by atoms with E-state index < -0.39 is 0 Å². The zero-order chi connectivity index (χ0) is 19.9. The van der Waals surface area contributed by atoms with Crippen LogP contribution in [0.3, 0.4) is 0 Å². The number of rotatable bonds is 6. The van der Waals surface area contributed by atoms with Crippen molar-refractivity contribution in [1.82, 2.24) is 0 Å². The van der Waals surface area contributed by atoms with E-state index in [2.05, 4.69) is 16.5 Å². The summed E-state index contributed by atoms with van der Waals surface area (Å²) < 4.78 is 5.13. The SMILES string of the molecule is COc1ccc(C(C)=NOCC(=O)Nc2sc3c(c2C#N)CCCCC3)cc1. The Morgan fingerprint density at radius 2 is 2.00 bits per heavy atom. The van der Waals surface area contributed by atoms with Crippen LogP contribution in [0.15, 0.2) is 29.4 Å². The number of methoxy groups -OCH3 is 1. The van der Waals surface area contributed by atoms with Crippen LogP contribution in [0.5, 0.6) is 5.75 Å². The summed E-state index contributed by atoms with van der Waals surface area (Å²) in [7, 11) is 1.61. The molecule has 1 aromatic carbocycles. The Morgan fingerprint density at radius 3 is 2.71 bits per heavy atom. The van der Waals surface area contributed by atoms with Crippen LogP contribution < -0.4 is 10.1 Å². The van der Waals surface area contributed by atoms with Crippen molar-refractivity contribution in [1.29, 1.82) is 5.26 Å². The number of benzene rings is 1. The van der Waals surface area contributed by atoms with Gasteiger partial charge >= 0.3 is 0 Å². The van der Waals surface area contributed by atoms with Gasteiger partial charge in [0, 0.05) is 4.88 Å². The van der Waals surface area contributed by atoms with Gasteiger partial charge in [-0.2, -0.15) is 5.26 Å². The topological polar surface area (TPSA) is 83.7 Å². The average Bonchev–Trinajstić information content (AvgIpc) is 2.86. The van der Waals surface area contributed by atoms with Gasteiger partial charge in [-0.05, 0) is 68.0 Å². The number of carbonyl (C=O) groups excluding carboxylic acids is 1. The van der Waals surface area contributed by atoms with Crippen LogP contribution in [0.2, 0.25) is 0 Å². The van der Waals surface area contributed by atoms with Crippen LogP contribution >= 0.6 is 11.3 Å². The fraction of sp³-hybridized carbons (Fsp3) is 0.381. The zero-order valence-electron chi connectivity index (χ0n) is 16.1. The second-order valence-electron chi connectivity index (χ2n) is 6.61. The molecule has 6 nitrogen and oxygen atoms in total. The molecule has 0 saturated carbocycles. The standard InChI is InChI=1S/C21H23N3O3S/c1-14(15-8-10-16(26-2)11-9-15)24-27-13-20(25)23-21-18(12-22)17-6-4-3-5-7-19(17)28-21/h8-11H,3-7,13H2,1-2H3,(H,23,25). The molecule has 1 aliphatic carbocycles. The van der Waals surface area contributed by atoms with Crippen molar-refractivity contribution in [3.63, 3.8) is 0 Å². The summed E-state index contributed by atoms with van der Waals surface area (Å²) in [5.74, 6) is 0.443. The molecule has 146 valence electrons. The molecule has 0 aliphatic heterocycles. The number of nitriles is 1. The van der Waals surface area contributed by atoms with Crippen molar-refractivity contribution in [2.45, 2.75) is 39.0 Å². The number of fused-ring (bicyclic) bond motifs is 1. The van der Waals surface area contributed by atoms with E-state index in [1.165, 1.54) is 22.6 Å². The summed E-state index contributed by atoms with van der Waals surface area (Å²) >= 11 is 1.51. The molecule has 0 atom stereocenters. The molecule has 0 spiro atoms. The molecule has 0 saturated heterocycles. The largest absolute Gasteiger partial charge is 0.497 e. The van der Waals surface area contributed by atoms with E-state index in [4.69, 9.17) is 9.57 Å². The predicted molar refractivity (Wildman–Crippen MR) is 110 cm³/mol. The molecule has 1 heterocycles. The van der Waals surface area contributed by atoms with E-state index in [9.17, 15) is 10.1 Å². The van der Waals surface area contributed by atoms with Gasteiger partial charge in [0.1, 0.15) is 16.8 Å². The van der Waals surface area contributed by atoms with E-state index in [-0.39, 0.29) is 12.5 Å². The molecule has 28 heavy (non-hydrogen) atoms. The van der Waals surface area contributed by atoms with Crippen LogP contribution in [-0.2, 0) is 22.5 Å². The summed E-state index contributed by atoms with van der Waals surface area (Å²) in [6, 6.07) is 9.68. The van der Waals surface area contributed by atoms with Crippen molar-refractivity contribution in [3.8, 4) is 11.8 Å². The molecule has 0 bridgehead atoms. The molecular formula is C21H23N3O3S. The number of nitrogens with zero attached hydrogens (tertiary/aromatic N) is 2. The highest BCUT2D eigenvalue weighted by Crippen LogP contribution is 2.36. The van der Waals surface area contributed by atoms with E-state index >= 15 is 0 Å². The fourth-order valence-corrected chi connectivity index (χ4v) is 4.44. The lowest BCUT2D eigenvalue weighted by Crippen LogP contribution is -2.17. The fourth-order valence-electron chi connectivity index (χ4n) is 3.18. The second kappa shape index (κ2) is 9.38. The summed E-state index contributed by atoms with van der Waals surface area (Å²) in [6.07, 6.45) is 5.30. The van der Waals surface area contributed by atoms with Gasteiger partial charge in [0.05, 0.1) is 18.4 Å². The molecule has 2 aromatic rings. The summed E-state index contributed by atoms with van der Waals surface area (Å²) in [5.41, 5.74) is 3.26. The normalized spacial score (nSPS) is 13.8. The highest BCUT2D eigenvalue weighted by atomic mass is 32.1. The monoisotopic (exact) mass is 397 g/mol. The molecule has 3 rings (SSSR count). The molecule has 0 unspecified atom stereocenters. The number of hydrogen-bond acceptors (Lipinski definition) is 6. The van der Waals surface area contributed by atoms with Crippen molar-refractivity contribution < 1.29 is 14.4 Å². The van der Waals surface area contributed by atoms with Crippen molar-refractivity contribution in [2.24, 2.45) is 5.16 Å². The van der Waals surface area contributed by atoms with Crippen molar-refractivity contribution in [3.05, 3.63) is 45.8 Å². The van der Waals surface area contributed by atoms with E-state index in [0.29, 0.717) is 16.3 Å². The van der Waals surface area contributed by atoms with Gasteiger partial charge in [0.2, 0.25) is 0 Å². The van der Waals surface area contributed by atoms with Gasteiger partial charge in [-0.1, -0.05) is 11.6 Å². The Bertz CT molecular complexity index is 910. The molecule has 0 fully saturated rings. The molecule has 1 aromatic heterocycles. The first-order chi connectivity index (χ1) is 13.6. The van der Waals surface area contributed by atoms with Crippen LogP contribution in [0.4, 0.5) is 5.00 Å². The predicted octanol–water partition coefficient (Wildman–Crippen LogP) is 4.28. The third-order valence-electron chi connectivity index (χ3n) is 4.69. The first-order valence-electron chi connectivity index (χ1n) is 9.28. The lowest BCUT2D eigenvalue weighted by Gasteiger charge is -2.05. The maximum Gasteiger partial charge on any atom is 0.265 e. The Morgan fingerprint density at radius 1 is 1.25 bits per heavy atom. The van der Waals surface area contributed by atoms with Gasteiger partial charge in [0.15, 0.2) is 6.61 Å². The third kappa shape index (κ3) is 4.70. The first kappa shape index (κ1) is 19.9. The van der Waals surface area contributed by atoms with Gasteiger partial charge in [-0.25, -0.2) is 0 Å². The van der Waals surface area contributed by atoms with Crippen LogP contribution in [0.1, 0.15) is 47.8 Å². The van der Waals surface area contributed by atoms with E-state index in [1.807, 2.05) is 31.2 Å². The molecule has 0 radical (unpaired) electrons. The lowest BCUT2D eigenvalue weighted by atomic mass is 10.1. The number of oxime groups is 1. The molecular weight excluding hydrogens is 374 g/mol. The number of amides is 1. The number of carbonyl (C=O) groups is 1. The Hall–Kier alpha value is -2.85. The van der Waals surface area contributed by atoms with E-state index in [1.54, 1.807) is 7.11 Å². The maximum atomic E-state index is 12.2.